The number of carbonyl (C=O) groups excluding carboxylic acids is 1. The van der Waals surface area contributed by atoms with E-state index in [4.69, 9.17) is 10.5 Å². The van der Waals surface area contributed by atoms with Crippen LogP contribution in [0.4, 0.5) is 0 Å². The number of benzene rings is 1. The van der Waals surface area contributed by atoms with Gasteiger partial charge >= 0.3 is 0 Å². The van der Waals surface area contributed by atoms with Crippen molar-refractivity contribution in [3.63, 3.8) is 0 Å². The van der Waals surface area contributed by atoms with Crippen LogP contribution in [0.25, 0.3) is 0 Å². The summed E-state index contributed by atoms with van der Waals surface area (Å²) in [5, 5.41) is 12.8. The lowest BCUT2D eigenvalue weighted by molar-refractivity contribution is -0.120. The van der Waals surface area contributed by atoms with E-state index in [-0.39, 0.29) is 11.8 Å². The lowest BCUT2D eigenvalue weighted by Gasteiger charge is -2.21. The van der Waals surface area contributed by atoms with Gasteiger partial charge in [0, 0.05) is 6.04 Å². The predicted octanol–water partition coefficient (Wildman–Crippen LogP) is 1.71. The largest absolute Gasteiger partial charge is 0.504 e. The Hall–Kier alpha value is -1.75. The molecule has 0 heterocycles. The Morgan fingerprint density at radius 2 is 2.16 bits per heavy atom. The SMILES string of the molecule is CCOc1cc(C(NC(C)CC)C(N)=O)ccc1O. The van der Waals surface area contributed by atoms with Crippen molar-refractivity contribution in [3.8, 4) is 11.5 Å². The zero-order valence-electron chi connectivity index (χ0n) is 11.6. The number of phenolic OH excluding ortho intramolecular Hbond substituents is 1. The molecular weight excluding hydrogens is 244 g/mol. The summed E-state index contributed by atoms with van der Waals surface area (Å²) in [6.45, 7) is 6.28. The minimum atomic E-state index is -0.588. The van der Waals surface area contributed by atoms with Crippen LogP contribution in [0.1, 0.15) is 38.8 Å². The molecule has 0 saturated carbocycles. The highest BCUT2D eigenvalue weighted by Gasteiger charge is 2.20. The average Bonchev–Trinajstić information content (AvgIpc) is 2.38. The van der Waals surface area contributed by atoms with E-state index in [1.54, 1.807) is 12.1 Å². The van der Waals surface area contributed by atoms with Gasteiger partial charge in [-0.2, -0.15) is 0 Å². The van der Waals surface area contributed by atoms with Crippen molar-refractivity contribution in [2.45, 2.75) is 39.3 Å². The molecule has 1 aromatic rings. The van der Waals surface area contributed by atoms with Gasteiger partial charge in [0.1, 0.15) is 6.04 Å². The summed E-state index contributed by atoms with van der Waals surface area (Å²) >= 11 is 0. The molecule has 0 saturated heterocycles. The number of hydrogen-bond donors (Lipinski definition) is 3. The van der Waals surface area contributed by atoms with Crippen LogP contribution < -0.4 is 15.8 Å². The van der Waals surface area contributed by atoms with Gasteiger partial charge in [-0.25, -0.2) is 0 Å². The van der Waals surface area contributed by atoms with E-state index in [9.17, 15) is 9.90 Å². The maximum absolute atomic E-state index is 11.6. The number of hydrogen-bond acceptors (Lipinski definition) is 4. The van der Waals surface area contributed by atoms with Crippen LogP contribution in [-0.2, 0) is 4.79 Å². The van der Waals surface area contributed by atoms with Crippen molar-refractivity contribution in [3.05, 3.63) is 23.8 Å². The number of rotatable bonds is 7. The number of nitrogens with two attached hydrogens (primary N) is 1. The summed E-state index contributed by atoms with van der Waals surface area (Å²) in [5.41, 5.74) is 6.12. The van der Waals surface area contributed by atoms with Gasteiger partial charge in [-0.3, -0.25) is 10.1 Å². The van der Waals surface area contributed by atoms with Gasteiger partial charge in [0.15, 0.2) is 11.5 Å². The summed E-state index contributed by atoms with van der Waals surface area (Å²) in [4.78, 5) is 11.6. The molecule has 1 amide bonds. The van der Waals surface area contributed by atoms with Gasteiger partial charge in [-0.15, -0.1) is 0 Å². The summed E-state index contributed by atoms with van der Waals surface area (Å²) in [6, 6.07) is 4.40. The third-order valence-electron chi connectivity index (χ3n) is 2.97. The lowest BCUT2D eigenvalue weighted by Crippen LogP contribution is -2.38. The van der Waals surface area contributed by atoms with Gasteiger partial charge < -0.3 is 15.6 Å². The standard InChI is InChI=1S/C14H22N2O3/c1-4-9(3)16-13(14(15)18)10-6-7-11(17)12(8-10)19-5-2/h6-9,13,16-17H,4-5H2,1-3H3,(H2,15,18). The smallest absolute Gasteiger partial charge is 0.239 e. The molecule has 0 aliphatic heterocycles. The maximum atomic E-state index is 11.6. The molecule has 0 spiro atoms. The molecular formula is C14H22N2O3. The number of amides is 1. The van der Waals surface area contributed by atoms with Crippen molar-refractivity contribution < 1.29 is 14.6 Å². The molecule has 0 radical (unpaired) electrons. The number of primary amides is 1. The molecule has 0 fully saturated rings. The Morgan fingerprint density at radius 3 is 2.68 bits per heavy atom. The Labute approximate surface area is 113 Å². The second-order valence-corrected chi connectivity index (χ2v) is 4.47. The summed E-state index contributed by atoms with van der Waals surface area (Å²) in [5.74, 6) is -0.0389. The van der Waals surface area contributed by atoms with Gasteiger partial charge in [0.25, 0.3) is 0 Å². The molecule has 19 heavy (non-hydrogen) atoms. The summed E-state index contributed by atoms with van der Waals surface area (Å²) in [6.07, 6.45) is 0.889. The minimum Gasteiger partial charge on any atom is -0.504 e. The van der Waals surface area contributed by atoms with Crippen LogP contribution in [0.2, 0.25) is 0 Å². The second-order valence-electron chi connectivity index (χ2n) is 4.47. The minimum absolute atomic E-state index is 0.0531. The van der Waals surface area contributed by atoms with E-state index in [2.05, 4.69) is 5.32 Å². The maximum Gasteiger partial charge on any atom is 0.239 e. The fourth-order valence-electron chi connectivity index (χ4n) is 1.73. The van der Waals surface area contributed by atoms with Crippen LogP contribution in [0.15, 0.2) is 18.2 Å². The van der Waals surface area contributed by atoms with Gasteiger partial charge in [-0.05, 0) is 38.0 Å². The highest BCUT2D eigenvalue weighted by Crippen LogP contribution is 2.29. The number of ether oxygens (including phenoxy) is 1. The zero-order valence-corrected chi connectivity index (χ0v) is 11.6. The molecule has 2 atom stereocenters. The zero-order chi connectivity index (χ0) is 14.4. The van der Waals surface area contributed by atoms with Crippen molar-refractivity contribution in [2.75, 3.05) is 6.61 Å². The first-order valence-electron chi connectivity index (χ1n) is 6.50. The molecule has 5 heteroatoms. The van der Waals surface area contributed by atoms with Crippen molar-refractivity contribution in [2.24, 2.45) is 5.73 Å². The van der Waals surface area contributed by atoms with Crippen LogP contribution >= 0.6 is 0 Å². The second kappa shape index (κ2) is 6.99. The quantitative estimate of drug-likeness (QED) is 0.701. The molecule has 1 aromatic carbocycles. The topological polar surface area (TPSA) is 84.6 Å². The molecule has 0 bridgehead atoms. The molecule has 0 aromatic heterocycles. The van der Waals surface area contributed by atoms with E-state index in [1.807, 2.05) is 20.8 Å². The third kappa shape index (κ3) is 4.13. The Morgan fingerprint density at radius 1 is 1.47 bits per heavy atom. The third-order valence-corrected chi connectivity index (χ3v) is 2.97. The summed E-state index contributed by atoms with van der Waals surface area (Å²) in [7, 11) is 0. The van der Waals surface area contributed by atoms with E-state index in [1.165, 1.54) is 6.07 Å². The first-order valence-corrected chi connectivity index (χ1v) is 6.50. The molecule has 0 aliphatic rings. The lowest BCUT2D eigenvalue weighted by atomic mass is 10.0. The van der Waals surface area contributed by atoms with E-state index >= 15 is 0 Å². The number of aromatic hydroxyl groups is 1. The van der Waals surface area contributed by atoms with Crippen LogP contribution in [0, 0.1) is 0 Å². The summed E-state index contributed by atoms with van der Waals surface area (Å²) < 4.78 is 5.31. The molecule has 1 rings (SSSR count). The Bertz CT molecular complexity index is 435. The number of nitrogens with one attached hydrogen (secondary N) is 1. The van der Waals surface area contributed by atoms with Crippen molar-refractivity contribution >= 4 is 5.91 Å². The first-order chi connectivity index (χ1) is 8.99. The average molecular weight is 266 g/mol. The molecule has 5 nitrogen and oxygen atoms in total. The van der Waals surface area contributed by atoms with E-state index in [0.717, 1.165) is 6.42 Å². The predicted molar refractivity (Wildman–Crippen MR) is 74.1 cm³/mol. The highest BCUT2D eigenvalue weighted by molar-refractivity contribution is 5.81. The van der Waals surface area contributed by atoms with Gasteiger partial charge in [0.05, 0.1) is 6.61 Å². The highest BCUT2D eigenvalue weighted by atomic mass is 16.5. The monoisotopic (exact) mass is 266 g/mol. The first kappa shape index (κ1) is 15.3. The fraction of sp³-hybridized carbons (Fsp3) is 0.500. The van der Waals surface area contributed by atoms with Crippen LogP contribution in [0.3, 0.4) is 0 Å². The normalized spacial score (nSPS) is 13.8. The number of phenols is 1. The van der Waals surface area contributed by atoms with Crippen molar-refractivity contribution in [1.29, 1.82) is 0 Å². The number of carbonyl (C=O) groups is 1. The van der Waals surface area contributed by atoms with Gasteiger partial charge in [0.2, 0.25) is 5.91 Å². The molecule has 106 valence electrons. The molecule has 2 unspecified atom stereocenters. The Balaban J connectivity index is 3.02. The van der Waals surface area contributed by atoms with E-state index < -0.39 is 11.9 Å². The van der Waals surface area contributed by atoms with E-state index in [0.29, 0.717) is 17.9 Å². The van der Waals surface area contributed by atoms with Crippen LogP contribution in [-0.4, -0.2) is 23.7 Å². The molecule has 0 aliphatic carbocycles. The molecule has 4 N–H and O–H groups in total. The van der Waals surface area contributed by atoms with Crippen molar-refractivity contribution in [1.82, 2.24) is 5.32 Å². The Kier molecular flexibility index (Phi) is 5.63. The fourth-order valence-corrected chi connectivity index (χ4v) is 1.73. The van der Waals surface area contributed by atoms with Crippen LogP contribution in [0.5, 0.6) is 11.5 Å². The van der Waals surface area contributed by atoms with Gasteiger partial charge in [-0.1, -0.05) is 13.0 Å².